The van der Waals surface area contributed by atoms with Gasteiger partial charge in [-0.2, -0.15) is 5.10 Å². The van der Waals surface area contributed by atoms with E-state index >= 15 is 0 Å². The zero-order valence-electron chi connectivity index (χ0n) is 16.1. The minimum Gasteiger partial charge on any atom is -0.333 e. The topological polar surface area (TPSA) is 93.9 Å². The summed E-state index contributed by atoms with van der Waals surface area (Å²) in [5, 5.41) is 9.41. The van der Waals surface area contributed by atoms with E-state index in [1.807, 2.05) is 0 Å². The molecule has 4 fully saturated rings. The predicted molar refractivity (Wildman–Crippen MR) is 98.5 cm³/mol. The van der Waals surface area contributed by atoms with Gasteiger partial charge in [0.05, 0.1) is 6.54 Å². The van der Waals surface area contributed by atoms with Crippen LogP contribution in [0, 0.1) is 23.2 Å². The number of aromatic nitrogens is 3. The molecule has 1 aromatic heterocycles. The Morgan fingerprint density at radius 3 is 2.31 bits per heavy atom. The molecule has 0 atom stereocenters. The first-order valence-corrected chi connectivity index (χ1v) is 9.89. The van der Waals surface area contributed by atoms with Crippen LogP contribution in [0.15, 0.2) is 4.79 Å². The molecule has 2 amide bonds. The summed E-state index contributed by atoms with van der Waals surface area (Å²) in [6.07, 6.45) is 9.43. The molecule has 0 spiro atoms. The van der Waals surface area contributed by atoms with Crippen LogP contribution in [0.2, 0.25) is 0 Å². The lowest BCUT2D eigenvalue weighted by Crippen LogP contribution is -2.54. The maximum atomic E-state index is 12.6. The summed E-state index contributed by atoms with van der Waals surface area (Å²) in [6, 6.07) is -0.122. The number of rotatable bonds is 5. The number of H-pyrrole nitrogens is 2. The third-order valence-electron chi connectivity index (χ3n) is 6.71. The molecule has 7 nitrogen and oxygen atoms in total. The van der Waals surface area contributed by atoms with Crippen molar-refractivity contribution in [2.24, 2.45) is 23.2 Å². The van der Waals surface area contributed by atoms with Crippen LogP contribution >= 0.6 is 0 Å². The molecule has 4 saturated carbocycles. The van der Waals surface area contributed by atoms with Gasteiger partial charge in [0.1, 0.15) is 0 Å². The van der Waals surface area contributed by atoms with Crippen molar-refractivity contribution in [1.82, 2.24) is 25.4 Å². The average Bonchev–Trinajstić information content (AvgIpc) is 2.89. The quantitative estimate of drug-likeness (QED) is 0.752. The number of urea groups is 1. The molecule has 0 saturated heterocycles. The molecule has 1 aromatic rings. The van der Waals surface area contributed by atoms with Crippen molar-refractivity contribution in [2.45, 2.75) is 70.9 Å². The van der Waals surface area contributed by atoms with E-state index in [1.54, 1.807) is 11.9 Å². The van der Waals surface area contributed by atoms with Gasteiger partial charge in [0.25, 0.3) is 0 Å². The maximum absolute atomic E-state index is 12.6. The molecule has 4 aliphatic rings. The highest BCUT2D eigenvalue weighted by Crippen LogP contribution is 2.62. The summed E-state index contributed by atoms with van der Waals surface area (Å²) in [5.74, 6) is 3.23. The summed E-state index contributed by atoms with van der Waals surface area (Å²) in [6.45, 7) is 4.57. The SMILES string of the molecule is CN(Cc1n[nH]c(=O)[nH]1)C(=O)NC(C)(C)CC12CC3CC(CC(C3)C1)C2. The van der Waals surface area contributed by atoms with Gasteiger partial charge in [-0.15, -0.1) is 0 Å². The van der Waals surface area contributed by atoms with Crippen LogP contribution in [0.1, 0.15) is 64.6 Å². The molecule has 26 heavy (non-hydrogen) atoms. The van der Waals surface area contributed by atoms with Crippen molar-refractivity contribution in [3.05, 3.63) is 16.3 Å². The number of carbonyl (C=O) groups excluding carboxylic acids is 1. The van der Waals surface area contributed by atoms with Crippen LogP contribution in [0.25, 0.3) is 0 Å². The van der Waals surface area contributed by atoms with Crippen molar-refractivity contribution in [1.29, 1.82) is 0 Å². The van der Waals surface area contributed by atoms with E-state index in [-0.39, 0.29) is 23.8 Å². The maximum Gasteiger partial charge on any atom is 0.340 e. The molecule has 5 rings (SSSR count). The summed E-state index contributed by atoms with van der Waals surface area (Å²) < 4.78 is 0. The fourth-order valence-electron chi connectivity index (χ4n) is 6.55. The van der Waals surface area contributed by atoms with Crippen LogP contribution in [-0.4, -0.2) is 38.7 Å². The van der Waals surface area contributed by atoms with Gasteiger partial charge in [0.15, 0.2) is 5.82 Å². The van der Waals surface area contributed by atoms with Gasteiger partial charge in [-0.05, 0) is 82.0 Å². The van der Waals surface area contributed by atoms with Crippen molar-refractivity contribution in [3.8, 4) is 0 Å². The van der Waals surface area contributed by atoms with Crippen molar-refractivity contribution >= 4 is 6.03 Å². The van der Waals surface area contributed by atoms with E-state index < -0.39 is 0 Å². The molecule has 4 aliphatic carbocycles. The van der Waals surface area contributed by atoms with Crippen molar-refractivity contribution in [2.75, 3.05) is 7.05 Å². The van der Waals surface area contributed by atoms with Crippen LogP contribution in [0.5, 0.6) is 0 Å². The monoisotopic (exact) mass is 361 g/mol. The third-order valence-corrected chi connectivity index (χ3v) is 6.71. The van der Waals surface area contributed by atoms with E-state index in [1.165, 1.54) is 38.5 Å². The molecule has 0 aromatic carbocycles. The second-order valence-electron chi connectivity index (χ2n) is 9.89. The van der Waals surface area contributed by atoms with Gasteiger partial charge >= 0.3 is 11.7 Å². The Morgan fingerprint density at radius 1 is 1.23 bits per heavy atom. The Bertz CT molecular complexity index is 699. The minimum atomic E-state index is -0.351. The first-order chi connectivity index (χ1) is 12.2. The molecule has 1 heterocycles. The molecule has 144 valence electrons. The number of amides is 2. The van der Waals surface area contributed by atoms with E-state index in [9.17, 15) is 9.59 Å². The second-order valence-corrected chi connectivity index (χ2v) is 9.89. The lowest BCUT2D eigenvalue weighted by atomic mass is 9.48. The Balaban J connectivity index is 1.37. The van der Waals surface area contributed by atoms with Crippen LogP contribution in [0.3, 0.4) is 0 Å². The molecule has 7 heteroatoms. The van der Waals surface area contributed by atoms with E-state index in [4.69, 9.17) is 0 Å². The Morgan fingerprint density at radius 2 is 1.81 bits per heavy atom. The summed E-state index contributed by atoms with van der Waals surface area (Å²) in [5.41, 5.74) is -0.163. The summed E-state index contributed by atoms with van der Waals surface area (Å²) in [7, 11) is 1.73. The molecule has 4 bridgehead atoms. The lowest BCUT2D eigenvalue weighted by molar-refractivity contribution is -0.0676. The fraction of sp³-hybridized carbons (Fsp3) is 0.842. The highest BCUT2D eigenvalue weighted by molar-refractivity contribution is 5.74. The molecule has 0 aliphatic heterocycles. The molecular formula is C19H31N5O2. The van der Waals surface area contributed by atoms with Gasteiger partial charge in [0.2, 0.25) is 0 Å². The second kappa shape index (κ2) is 6.13. The van der Waals surface area contributed by atoms with Crippen LogP contribution < -0.4 is 11.0 Å². The van der Waals surface area contributed by atoms with Gasteiger partial charge in [-0.1, -0.05) is 0 Å². The fourth-order valence-corrected chi connectivity index (χ4v) is 6.55. The first-order valence-electron chi connectivity index (χ1n) is 9.89. The first kappa shape index (κ1) is 17.6. The van der Waals surface area contributed by atoms with Gasteiger partial charge in [0, 0.05) is 12.6 Å². The molecule has 0 unspecified atom stereocenters. The molecule has 0 radical (unpaired) electrons. The Labute approximate surface area is 154 Å². The standard InChI is InChI=1S/C19H31N5O2/c1-18(2,21-17(26)24(3)10-15-20-16(25)23-22-15)11-19-7-12-4-13(8-19)6-14(5-12)9-19/h12-14H,4-11H2,1-3H3,(H,21,26)(H2,20,22,23,25). The zero-order valence-corrected chi connectivity index (χ0v) is 16.1. The predicted octanol–water partition coefficient (Wildman–Crippen LogP) is 2.62. The largest absolute Gasteiger partial charge is 0.340 e. The number of aromatic amines is 2. The highest BCUT2D eigenvalue weighted by Gasteiger charge is 2.52. The molecular weight excluding hydrogens is 330 g/mol. The number of hydrogen-bond acceptors (Lipinski definition) is 3. The van der Waals surface area contributed by atoms with E-state index in [0.29, 0.717) is 11.2 Å². The number of carbonyl (C=O) groups is 1. The van der Waals surface area contributed by atoms with Crippen LogP contribution in [0.4, 0.5) is 4.79 Å². The number of nitrogens with zero attached hydrogens (tertiary/aromatic N) is 2. The minimum absolute atomic E-state index is 0.122. The summed E-state index contributed by atoms with van der Waals surface area (Å²) in [4.78, 5) is 27.9. The number of nitrogens with one attached hydrogen (secondary N) is 3. The lowest BCUT2D eigenvalue weighted by Gasteiger charge is -2.58. The normalized spacial score (nSPS) is 32.7. The Kier molecular flexibility index (Phi) is 4.15. The number of hydrogen-bond donors (Lipinski definition) is 3. The molecule has 3 N–H and O–H groups in total. The third kappa shape index (κ3) is 3.53. The van der Waals surface area contributed by atoms with Crippen molar-refractivity contribution in [3.63, 3.8) is 0 Å². The highest BCUT2D eigenvalue weighted by atomic mass is 16.2. The van der Waals surface area contributed by atoms with Gasteiger partial charge in [-0.3, -0.25) is 4.98 Å². The summed E-state index contributed by atoms with van der Waals surface area (Å²) >= 11 is 0. The van der Waals surface area contributed by atoms with Crippen molar-refractivity contribution < 1.29 is 4.79 Å². The van der Waals surface area contributed by atoms with Crippen LogP contribution in [-0.2, 0) is 6.54 Å². The van der Waals surface area contributed by atoms with E-state index in [0.717, 1.165) is 24.2 Å². The van der Waals surface area contributed by atoms with Gasteiger partial charge < -0.3 is 10.2 Å². The van der Waals surface area contributed by atoms with E-state index in [2.05, 4.69) is 34.3 Å². The van der Waals surface area contributed by atoms with Gasteiger partial charge in [-0.25, -0.2) is 14.7 Å². The zero-order chi connectivity index (χ0) is 18.5. The smallest absolute Gasteiger partial charge is 0.333 e. The Hall–Kier alpha value is -1.79. The average molecular weight is 361 g/mol.